The Morgan fingerprint density at radius 2 is 2.00 bits per heavy atom. The minimum absolute atomic E-state index is 0.191. The van der Waals surface area contributed by atoms with Gasteiger partial charge in [-0.3, -0.25) is 0 Å². The predicted molar refractivity (Wildman–Crippen MR) is 73.7 cm³/mol. The van der Waals surface area contributed by atoms with Crippen LogP contribution in [0.1, 0.15) is 43.9 Å². The molecule has 2 N–H and O–H groups in total. The SMILES string of the molecule is Cc1ccc(C(C)(C)C)cc1/C=C/CCON. The van der Waals surface area contributed by atoms with Gasteiger partial charge < -0.3 is 4.84 Å². The second-order valence-electron chi connectivity index (χ2n) is 5.38. The average molecular weight is 233 g/mol. The highest BCUT2D eigenvalue weighted by molar-refractivity contribution is 5.55. The first-order valence-corrected chi connectivity index (χ1v) is 6.04. The van der Waals surface area contributed by atoms with Gasteiger partial charge in [0.15, 0.2) is 0 Å². The fraction of sp³-hybridized carbons (Fsp3) is 0.467. The van der Waals surface area contributed by atoms with Crippen molar-refractivity contribution in [2.75, 3.05) is 6.61 Å². The normalized spacial score (nSPS) is 12.3. The molecule has 0 aromatic heterocycles. The molecule has 0 fully saturated rings. The Morgan fingerprint density at radius 1 is 1.29 bits per heavy atom. The molecule has 0 amide bonds. The van der Waals surface area contributed by atoms with Crippen LogP contribution in [0, 0.1) is 6.92 Å². The molecule has 1 aromatic rings. The zero-order chi connectivity index (χ0) is 12.9. The van der Waals surface area contributed by atoms with Gasteiger partial charge in [-0.25, -0.2) is 5.90 Å². The van der Waals surface area contributed by atoms with E-state index in [4.69, 9.17) is 5.90 Å². The summed E-state index contributed by atoms with van der Waals surface area (Å²) in [6.07, 6.45) is 5.08. The molecule has 0 aliphatic rings. The molecule has 94 valence electrons. The van der Waals surface area contributed by atoms with Crippen LogP contribution in [0.4, 0.5) is 0 Å². The molecule has 0 saturated heterocycles. The van der Waals surface area contributed by atoms with E-state index in [0.717, 1.165) is 6.42 Å². The van der Waals surface area contributed by atoms with Gasteiger partial charge in [0.1, 0.15) is 0 Å². The summed E-state index contributed by atoms with van der Waals surface area (Å²) in [6, 6.07) is 6.64. The van der Waals surface area contributed by atoms with E-state index in [2.05, 4.69) is 62.9 Å². The van der Waals surface area contributed by atoms with Gasteiger partial charge in [0.2, 0.25) is 0 Å². The highest BCUT2D eigenvalue weighted by atomic mass is 16.6. The summed E-state index contributed by atoms with van der Waals surface area (Å²) in [5.41, 5.74) is 4.12. The van der Waals surface area contributed by atoms with Crippen LogP contribution in [-0.2, 0) is 10.3 Å². The molecule has 0 spiro atoms. The maximum absolute atomic E-state index is 4.99. The number of aryl methyl sites for hydroxylation is 1. The highest BCUT2D eigenvalue weighted by Crippen LogP contribution is 2.25. The quantitative estimate of drug-likeness (QED) is 0.637. The van der Waals surface area contributed by atoms with Crippen LogP contribution >= 0.6 is 0 Å². The van der Waals surface area contributed by atoms with Crippen molar-refractivity contribution >= 4 is 6.08 Å². The first-order chi connectivity index (χ1) is 7.95. The van der Waals surface area contributed by atoms with Gasteiger partial charge in [-0.05, 0) is 35.4 Å². The monoisotopic (exact) mass is 233 g/mol. The second-order valence-corrected chi connectivity index (χ2v) is 5.38. The molecule has 0 atom stereocenters. The Kier molecular flexibility index (Phi) is 4.91. The lowest BCUT2D eigenvalue weighted by molar-refractivity contribution is 0.143. The maximum Gasteiger partial charge on any atom is 0.0713 e. The predicted octanol–water partition coefficient (Wildman–Crippen LogP) is 3.59. The maximum atomic E-state index is 4.99. The van der Waals surface area contributed by atoms with Crippen molar-refractivity contribution in [2.24, 2.45) is 5.90 Å². The molecule has 1 rings (SSSR count). The second kappa shape index (κ2) is 5.99. The summed E-state index contributed by atoms with van der Waals surface area (Å²) in [7, 11) is 0. The first kappa shape index (κ1) is 13.9. The van der Waals surface area contributed by atoms with Crippen molar-refractivity contribution in [1.29, 1.82) is 0 Å². The molecule has 0 radical (unpaired) electrons. The van der Waals surface area contributed by atoms with E-state index in [1.54, 1.807) is 0 Å². The molecule has 2 nitrogen and oxygen atoms in total. The number of rotatable bonds is 4. The third-order valence-corrected chi connectivity index (χ3v) is 2.85. The zero-order valence-electron chi connectivity index (χ0n) is 11.3. The van der Waals surface area contributed by atoms with E-state index in [1.807, 2.05) is 0 Å². The van der Waals surface area contributed by atoms with Gasteiger partial charge in [-0.1, -0.05) is 51.1 Å². The Bertz CT molecular complexity index is 388. The van der Waals surface area contributed by atoms with E-state index in [-0.39, 0.29) is 5.41 Å². The lowest BCUT2D eigenvalue weighted by atomic mass is 9.85. The Labute approximate surface area is 104 Å². The summed E-state index contributed by atoms with van der Waals surface area (Å²) >= 11 is 0. The molecule has 0 heterocycles. The van der Waals surface area contributed by atoms with E-state index in [1.165, 1.54) is 16.7 Å². The van der Waals surface area contributed by atoms with Crippen LogP contribution in [0.25, 0.3) is 6.08 Å². The number of benzene rings is 1. The van der Waals surface area contributed by atoms with Crippen molar-refractivity contribution in [3.05, 3.63) is 41.0 Å². The minimum atomic E-state index is 0.191. The van der Waals surface area contributed by atoms with Crippen LogP contribution in [-0.4, -0.2) is 6.61 Å². The van der Waals surface area contributed by atoms with Crippen LogP contribution in [0.2, 0.25) is 0 Å². The highest BCUT2D eigenvalue weighted by Gasteiger charge is 2.13. The number of hydrogen-bond donors (Lipinski definition) is 1. The van der Waals surface area contributed by atoms with E-state index in [9.17, 15) is 0 Å². The van der Waals surface area contributed by atoms with Gasteiger partial charge >= 0.3 is 0 Å². The molecule has 0 aliphatic heterocycles. The van der Waals surface area contributed by atoms with E-state index >= 15 is 0 Å². The van der Waals surface area contributed by atoms with E-state index < -0.39 is 0 Å². The van der Waals surface area contributed by atoms with Gasteiger partial charge in [0.25, 0.3) is 0 Å². The summed E-state index contributed by atoms with van der Waals surface area (Å²) < 4.78 is 0. The Hall–Kier alpha value is -1.12. The molecule has 2 heteroatoms. The minimum Gasteiger partial charge on any atom is -0.304 e. The van der Waals surface area contributed by atoms with Crippen molar-refractivity contribution in [2.45, 2.75) is 39.5 Å². The fourth-order valence-corrected chi connectivity index (χ4v) is 1.63. The third-order valence-electron chi connectivity index (χ3n) is 2.85. The third kappa shape index (κ3) is 4.33. The van der Waals surface area contributed by atoms with Crippen molar-refractivity contribution in [1.82, 2.24) is 0 Å². The lowest BCUT2D eigenvalue weighted by Gasteiger charge is -2.20. The molecule has 0 aliphatic carbocycles. The first-order valence-electron chi connectivity index (χ1n) is 6.04. The van der Waals surface area contributed by atoms with Crippen LogP contribution in [0.5, 0.6) is 0 Å². The molecular weight excluding hydrogens is 210 g/mol. The standard InChI is InChI=1S/C15H23NO/c1-12-8-9-14(15(2,3)4)11-13(12)7-5-6-10-17-16/h5,7-9,11H,6,10,16H2,1-4H3/b7-5+. The van der Waals surface area contributed by atoms with Crippen LogP contribution in [0.15, 0.2) is 24.3 Å². The summed E-state index contributed by atoms with van der Waals surface area (Å²) in [4.78, 5) is 4.54. The molecule has 0 unspecified atom stereocenters. The van der Waals surface area contributed by atoms with Crippen LogP contribution in [0.3, 0.4) is 0 Å². The number of hydrogen-bond acceptors (Lipinski definition) is 2. The van der Waals surface area contributed by atoms with Crippen molar-refractivity contribution in [3.63, 3.8) is 0 Å². The summed E-state index contributed by atoms with van der Waals surface area (Å²) in [5.74, 6) is 4.99. The van der Waals surface area contributed by atoms with Gasteiger partial charge in [0.05, 0.1) is 6.61 Å². The van der Waals surface area contributed by atoms with Crippen molar-refractivity contribution in [3.8, 4) is 0 Å². The molecule has 0 saturated carbocycles. The van der Waals surface area contributed by atoms with E-state index in [0.29, 0.717) is 6.61 Å². The smallest absolute Gasteiger partial charge is 0.0713 e. The van der Waals surface area contributed by atoms with Gasteiger partial charge in [0, 0.05) is 0 Å². The average Bonchev–Trinajstić information content (AvgIpc) is 2.25. The largest absolute Gasteiger partial charge is 0.304 e. The number of nitrogens with two attached hydrogens (primary N) is 1. The zero-order valence-corrected chi connectivity index (χ0v) is 11.3. The Morgan fingerprint density at radius 3 is 2.59 bits per heavy atom. The van der Waals surface area contributed by atoms with Gasteiger partial charge in [-0.15, -0.1) is 0 Å². The molecule has 17 heavy (non-hydrogen) atoms. The van der Waals surface area contributed by atoms with Gasteiger partial charge in [-0.2, -0.15) is 0 Å². The fourth-order valence-electron chi connectivity index (χ4n) is 1.63. The van der Waals surface area contributed by atoms with Crippen LogP contribution < -0.4 is 5.90 Å². The van der Waals surface area contributed by atoms with Crippen molar-refractivity contribution < 1.29 is 4.84 Å². The molecular formula is C15H23NO. The Balaban J connectivity index is 2.87. The molecule has 1 aromatic carbocycles. The lowest BCUT2D eigenvalue weighted by Crippen LogP contribution is -2.11. The topological polar surface area (TPSA) is 35.2 Å². The summed E-state index contributed by atoms with van der Waals surface area (Å²) in [6.45, 7) is 9.38. The summed E-state index contributed by atoms with van der Waals surface area (Å²) in [5, 5.41) is 0. The molecule has 0 bridgehead atoms.